The van der Waals surface area contributed by atoms with Crippen molar-refractivity contribution in [1.29, 1.82) is 0 Å². The van der Waals surface area contributed by atoms with Crippen LogP contribution in [0.5, 0.6) is 0 Å². The van der Waals surface area contributed by atoms with Gasteiger partial charge in [0.15, 0.2) is 5.65 Å². The number of halogens is 1. The van der Waals surface area contributed by atoms with Gasteiger partial charge in [-0.15, -0.1) is 0 Å². The predicted molar refractivity (Wildman–Crippen MR) is 102 cm³/mol. The Balaban J connectivity index is 1.84. The minimum Gasteiger partial charge on any atom is -0.337 e. The molecule has 27 heavy (non-hydrogen) atoms. The summed E-state index contributed by atoms with van der Waals surface area (Å²) < 4.78 is 1.79. The lowest BCUT2D eigenvalue weighted by atomic mass is 10.1. The van der Waals surface area contributed by atoms with E-state index in [2.05, 4.69) is 10.1 Å². The van der Waals surface area contributed by atoms with Crippen LogP contribution >= 0.6 is 11.6 Å². The fourth-order valence-electron chi connectivity index (χ4n) is 2.78. The maximum absolute atomic E-state index is 12.7. The number of nitro groups is 1. The van der Waals surface area contributed by atoms with Crippen LogP contribution in [0, 0.1) is 10.1 Å². The lowest BCUT2D eigenvalue weighted by Crippen LogP contribution is -2.26. The number of hydrogen-bond donors (Lipinski definition) is 0. The number of hydrogen-bond acceptors (Lipinski definition) is 5. The van der Waals surface area contributed by atoms with Gasteiger partial charge in [0.05, 0.1) is 16.7 Å². The molecular weight excluding hydrogens is 370 g/mol. The standard InChI is InChI=1S/C18H18ClN5O3/c1-11(2)23-17-12(9-21-23)6-13(8-20-17)18(25)22(3)10-14-7-15(24(26)27)4-5-16(14)19/h4-9,11H,10H2,1-3H3. The first-order valence-corrected chi connectivity index (χ1v) is 8.67. The third kappa shape index (κ3) is 3.75. The predicted octanol–water partition coefficient (Wildman–Crippen LogP) is 3.85. The lowest BCUT2D eigenvalue weighted by Gasteiger charge is -2.18. The number of carbonyl (C=O) groups is 1. The molecule has 8 nitrogen and oxygen atoms in total. The van der Waals surface area contributed by atoms with Crippen molar-refractivity contribution in [2.75, 3.05) is 7.05 Å². The third-order valence-corrected chi connectivity index (χ3v) is 4.53. The summed E-state index contributed by atoms with van der Waals surface area (Å²) in [4.78, 5) is 29.0. The normalized spacial score (nSPS) is 11.1. The lowest BCUT2D eigenvalue weighted by molar-refractivity contribution is -0.384. The molecule has 9 heteroatoms. The molecule has 3 rings (SSSR count). The van der Waals surface area contributed by atoms with Gasteiger partial charge < -0.3 is 4.90 Å². The molecule has 0 aliphatic carbocycles. The zero-order valence-corrected chi connectivity index (χ0v) is 15.8. The van der Waals surface area contributed by atoms with Crippen LogP contribution in [0.25, 0.3) is 11.0 Å². The number of nitrogens with zero attached hydrogens (tertiary/aromatic N) is 5. The SMILES string of the molecule is CC(C)n1ncc2cc(C(=O)N(C)Cc3cc([N+](=O)[O-])ccc3Cl)cnc21. The number of fused-ring (bicyclic) bond motifs is 1. The van der Waals surface area contributed by atoms with E-state index in [1.807, 2.05) is 13.8 Å². The van der Waals surface area contributed by atoms with Gasteiger partial charge in [0, 0.05) is 48.4 Å². The van der Waals surface area contributed by atoms with Crippen molar-refractivity contribution in [3.63, 3.8) is 0 Å². The van der Waals surface area contributed by atoms with E-state index in [1.165, 1.54) is 29.3 Å². The van der Waals surface area contributed by atoms with Gasteiger partial charge in [0.25, 0.3) is 11.6 Å². The molecule has 0 radical (unpaired) electrons. The highest BCUT2D eigenvalue weighted by Crippen LogP contribution is 2.24. The molecule has 140 valence electrons. The molecule has 3 aromatic rings. The van der Waals surface area contributed by atoms with Gasteiger partial charge in [-0.2, -0.15) is 5.10 Å². The van der Waals surface area contributed by atoms with E-state index in [-0.39, 0.29) is 24.2 Å². The first kappa shape index (κ1) is 18.8. The molecule has 0 saturated carbocycles. The van der Waals surface area contributed by atoms with Crippen molar-refractivity contribution >= 4 is 34.2 Å². The summed E-state index contributed by atoms with van der Waals surface area (Å²) in [6.07, 6.45) is 3.19. The van der Waals surface area contributed by atoms with Gasteiger partial charge in [-0.3, -0.25) is 14.9 Å². The first-order valence-electron chi connectivity index (χ1n) is 8.29. The average molecular weight is 388 g/mol. The molecule has 1 aromatic carbocycles. The molecule has 2 heterocycles. The summed E-state index contributed by atoms with van der Waals surface area (Å²) in [6, 6.07) is 6.07. The van der Waals surface area contributed by atoms with Gasteiger partial charge in [0.2, 0.25) is 0 Å². The Labute approximate surface area is 160 Å². The molecule has 0 aliphatic rings. The highest BCUT2D eigenvalue weighted by atomic mass is 35.5. The minimum absolute atomic E-state index is 0.0700. The summed E-state index contributed by atoms with van der Waals surface area (Å²) in [6.45, 7) is 4.15. The molecule has 0 saturated heterocycles. The minimum atomic E-state index is -0.494. The monoisotopic (exact) mass is 387 g/mol. The molecule has 1 amide bonds. The summed E-state index contributed by atoms with van der Waals surface area (Å²) in [5, 5.41) is 16.4. The Morgan fingerprint density at radius 1 is 1.33 bits per heavy atom. The van der Waals surface area contributed by atoms with Crippen LogP contribution in [-0.2, 0) is 6.54 Å². The zero-order valence-electron chi connectivity index (χ0n) is 15.1. The number of benzene rings is 1. The summed E-state index contributed by atoms with van der Waals surface area (Å²) in [5.74, 6) is -0.260. The molecule has 0 spiro atoms. The topological polar surface area (TPSA) is 94.2 Å². The van der Waals surface area contributed by atoms with Crippen LogP contribution in [0.2, 0.25) is 5.02 Å². The van der Waals surface area contributed by atoms with Crippen LogP contribution in [0.1, 0.15) is 35.8 Å². The maximum Gasteiger partial charge on any atom is 0.269 e. The highest BCUT2D eigenvalue weighted by molar-refractivity contribution is 6.31. The number of carbonyl (C=O) groups excluding carboxylic acids is 1. The van der Waals surface area contributed by atoms with Crippen LogP contribution in [-0.4, -0.2) is 37.5 Å². The second-order valence-electron chi connectivity index (χ2n) is 6.51. The second kappa shape index (κ2) is 7.32. The smallest absolute Gasteiger partial charge is 0.269 e. The molecule has 0 fully saturated rings. The third-order valence-electron chi connectivity index (χ3n) is 4.16. The van der Waals surface area contributed by atoms with Crippen molar-refractivity contribution in [2.45, 2.75) is 26.4 Å². The van der Waals surface area contributed by atoms with Crippen molar-refractivity contribution in [3.8, 4) is 0 Å². The molecule has 0 bridgehead atoms. The quantitative estimate of drug-likeness (QED) is 0.489. The Morgan fingerprint density at radius 2 is 2.07 bits per heavy atom. The Hall–Kier alpha value is -3.00. The molecular formula is C18H18ClN5O3. The van der Waals surface area contributed by atoms with Gasteiger partial charge in [-0.25, -0.2) is 9.67 Å². The van der Waals surface area contributed by atoms with E-state index >= 15 is 0 Å². The van der Waals surface area contributed by atoms with E-state index in [0.29, 0.717) is 21.8 Å². The van der Waals surface area contributed by atoms with Crippen LogP contribution in [0.4, 0.5) is 5.69 Å². The molecule has 0 N–H and O–H groups in total. The number of rotatable bonds is 5. The maximum atomic E-state index is 12.7. The number of nitro benzene ring substituents is 1. The van der Waals surface area contributed by atoms with Crippen molar-refractivity contribution < 1.29 is 9.72 Å². The zero-order chi connectivity index (χ0) is 19.7. The fourth-order valence-corrected chi connectivity index (χ4v) is 2.96. The number of aromatic nitrogens is 3. The van der Waals surface area contributed by atoms with Crippen LogP contribution in [0.15, 0.2) is 36.7 Å². The second-order valence-corrected chi connectivity index (χ2v) is 6.92. The fraction of sp³-hybridized carbons (Fsp3) is 0.278. The molecule has 0 aliphatic heterocycles. The van der Waals surface area contributed by atoms with E-state index in [4.69, 9.17) is 11.6 Å². The van der Waals surface area contributed by atoms with Gasteiger partial charge in [0.1, 0.15) is 0 Å². The number of pyridine rings is 1. The van der Waals surface area contributed by atoms with Crippen LogP contribution in [0.3, 0.4) is 0 Å². The number of non-ortho nitro benzene ring substituents is 1. The van der Waals surface area contributed by atoms with Gasteiger partial charge in [-0.1, -0.05) is 11.6 Å². The van der Waals surface area contributed by atoms with Gasteiger partial charge >= 0.3 is 0 Å². The summed E-state index contributed by atoms with van der Waals surface area (Å²) in [5.41, 5.74) is 1.56. The van der Waals surface area contributed by atoms with Crippen molar-refractivity contribution in [2.24, 2.45) is 0 Å². The van der Waals surface area contributed by atoms with Crippen molar-refractivity contribution in [3.05, 3.63) is 62.9 Å². The van der Waals surface area contributed by atoms with Gasteiger partial charge in [-0.05, 0) is 31.5 Å². The summed E-state index contributed by atoms with van der Waals surface area (Å²) >= 11 is 6.12. The molecule has 0 atom stereocenters. The highest BCUT2D eigenvalue weighted by Gasteiger charge is 2.18. The Bertz CT molecular complexity index is 1030. The number of amides is 1. The summed E-state index contributed by atoms with van der Waals surface area (Å²) in [7, 11) is 1.61. The van der Waals surface area contributed by atoms with E-state index in [0.717, 1.165) is 5.39 Å². The van der Waals surface area contributed by atoms with E-state index in [9.17, 15) is 14.9 Å². The molecule has 2 aromatic heterocycles. The van der Waals surface area contributed by atoms with E-state index < -0.39 is 4.92 Å². The Kier molecular flexibility index (Phi) is 5.09. The largest absolute Gasteiger partial charge is 0.337 e. The Morgan fingerprint density at radius 3 is 2.74 bits per heavy atom. The van der Waals surface area contributed by atoms with E-state index in [1.54, 1.807) is 24.0 Å². The van der Waals surface area contributed by atoms with Crippen molar-refractivity contribution in [1.82, 2.24) is 19.7 Å². The first-order chi connectivity index (χ1) is 12.8. The van der Waals surface area contributed by atoms with Crippen LogP contribution < -0.4 is 0 Å². The molecule has 0 unspecified atom stereocenters. The average Bonchev–Trinajstić information content (AvgIpc) is 3.06.